The van der Waals surface area contributed by atoms with E-state index in [1.807, 2.05) is 48.5 Å². The fourth-order valence-corrected chi connectivity index (χ4v) is 2.93. The first-order valence-corrected chi connectivity index (χ1v) is 9.10. The minimum atomic E-state index is 0.670. The summed E-state index contributed by atoms with van der Waals surface area (Å²) in [4.78, 5) is 5.57. The summed E-state index contributed by atoms with van der Waals surface area (Å²) < 4.78 is 0. The third-order valence-electron chi connectivity index (χ3n) is 4.37. The van der Waals surface area contributed by atoms with E-state index in [1.54, 1.807) is 0 Å². The molecular formula is C20H24N6. The fourth-order valence-electron chi connectivity index (χ4n) is 2.93. The van der Waals surface area contributed by atoms with Gasteiger partial charge in [0.05, 0.1) is 0 Å². The summed E-state index contributed by atoms with van der Waals surface area (Å²) >= 11 is 0. The molecule has 0 amide bonds. The number of rotatable bonds is 11. The van der Waals surface area contributed by atoms with Gasteiger partial charge in [0, 0.05) is 21.2 Å². The SMILES string of the molecule is [N-]=[N+]=Nc1ccc(CCCCCCCCc2ccc(N=[N+]=[N-])cc2)cc1. The molecule has 134 valence electrons. The van der Waals surface area contributed by atoms with Gasteiger partial charge < -0.3 is 0 Å². The summed E-state index contributed by atoms with van der Waals surface area (Å²) in [5.74, 6) is 0. The Kier molecular flexibility index (Phi) is 8.64. The van der Waals surface area contributed by atoms with Gasteiger partial charge in [-0.05, 0) is 47.9 Å². The molecule has 0 aliphatic rings. The van der Waals surface area contributed by atoms with Crippen molar-refractivity contribution in [2.24, 2.45) is 10.2 Å². The highest BCUT2D eigenvalue weighted by molar-refractivity contribution is 5.39. The molecule has 6 heteroatoms. The van der Waals surface area contributed by atoms with E-state index >= 15 is 0 Å². The van der Waals surface area contributed by atoms with Gasteiger partial charge in [-0.3, -0.25) is 0 Å². The third-order valence-corrected chi connectivity index (χ3v) is 4.37. The van der Waals surface area contributed by atoms with E-state index in [-0.39, 0.29) is 0 Å². The van der Waals surface area contributed by atoms with Crippen LogP contribution < -0.4 is 0 Å². The zero-order valence-corrected chi connectivity index (χ0v) is 15.0. The quantitative estimate of drug-likeness (QED) is 0.172. The van der Waals surface area contributed by atoms with Crippen molar-refractivity contribution in [2.45, 2.75) is 51.4 Å². The fraction of sp³-hybridized carbons (Fsp3) is 0.400. The van der Waals surface area contributed by atoms with Gasteiger partial charge in [-0.1, -0.05) is 84.4 Å². The summed E-state index contributed by atoms with van der Waals surface area (Å²) in [5.41, 5.74) is 20.7. The molecule has 0 atom stereocenters. The van der Waals surface area contributed by atoms with Crippen molar-refractivity contribution in [3.63, 3.8) is 0 Å². The largest absolute Gasteiger partial charge is 0.0608 e. The van der Waals surface area contributed by atoms with Gasteiger partial charge in [-0.2, -0.15) is 0 Å². The Morgan fingerprint density at radius 1 is 0.538 bits per heavy atom. The summed E-state index contributed by atoms with van der Waals surface area (Å²) in [6.45, 7) is 0. The Bertz CT molecular complexity index is 686. The van der Waals surface area contributed by atoms with Crippen molar-refractivity contribution in [1.29, 1.82) is 0 Å². The van der Waals surface area contributed by atoms with Gasteiger partial charge in [0.25, 0.3) is 0 Å². The molecule has 0 aliphatic heterocycles. The Balaban J connectivity index is 1.52. The first kappa shape index (κ1) is 19.4. The normalized spacial score (nSPS) is 10.0. The first-order valence-electron chi connectivity index (χ1n) is 9.10. The second-order valence-corrected chi connectivity index (χ2v) is 6.33. The van der Waals surface area contributed by atoms with Crippen LogP contribution in [0.3, 0.4) is 0 Å². The first-order chi connectivity index (χ1) is 12.8. The molecule has 0 spiro atoms. The molecule has 0 aromatic heterocycles. The van der Waals surface area contributed by atoms with Crippen molar-refractivity contribution in [3.8, 4) is 0 Å². The molecule has 2 aromatic carbocycles. The Morgan fingerprint density at radius 2 is 0.885 bits per heavy atom. The molecule has 0 unspecified atom stereocenters. The molecule has 0 heterocycles. The molecule has 6 nitrogen and oxygen atoms in total. The number of hydrogen-bond acceptors (Lipinski definition) is 2. The average molecular weight is 348 g/mol. The van der Waals surface area contributed by atoms with Crippen LogP contribution in [0.25, 0.3) is 20.9 Å². The molecule has 2 rings (SSSR count). The maximum absolute atomic E-state index is 8.39. The van der Waals surface area contributed by atoms with Gasteiger partial charge >= 0.3 is 0 Å². The van der Waals surface area contributed by atoms with Crippen LogP contribution in [0.1, 0.15) is 49.7 Å². The standard InChI is InChI=1S/C20H24N6/c21-25-23-19-13-9-17(10-14-19)7-5-3-1-2-4-6-8-18-11-15-20(16-12-18)24-26-22/h9-16H,1-8H2. The predicted octanol–water partition coefficient (Wildman–Crippen LogP) is 7.70. The second-order valence-electron chi connectivity index (χ2n) is 6.33. The predicted molar refractivity (Wildman–Crippen MR) is 106 cm³/mol. The van der Waals surface area contributed by atoms with E-state index in [9.17, 15) is 0 Å². The third kappa shape index (κ3) is 7.31. The van der Waals surface area contributed by atoms with E-state index in [4.69, 9.17) is 11.1 Å². The van der Waals surface area contributed by atoms with Gasteiger partial charge in [-0.25, -0.2) is 0 Å². The van der Waals surface area contributed by atoms with Crippen LogP contribution in [0.2, 0.25) is 0 Å². The zero-order chi connectivity index (χ0) is 18.5. The van der Waals surface area contributed by atoms with Gasteiger partial charge in [0.1, 0.15) is 0 Å². The Hall–Kier alpha value is -2.94. The lowest BCUT2D eigenvalue weighted by Gasteiger charge is -2.04. The lowest BCUT2D eigenvalue weighted by molar-refractivity contribution is 0.594. The van der Waals surface area contributed by atoms with Crippen molar-refractivity contribution >= 4 is 11.4 Å². The maximum atomic E-state index is 8.39. The highest BCUT2D eigenvalue weighted by Crippen LogP contribution is 2.17. The Labute approximate surface area is 154 Å². The van der Waals surface area contributed by atoms with Crippen LogP contribution in [-0.2, 0) is 12.8 Å². The van der Waals surface area contributed by atoms with E-state index in [0.29, 0.717) is 11.4 Å². The maximum Gasteiger partial charge on any atom is 0.0375 e. The summed E-state index contributed by atoms with van der Waals surface area (Å²) in [6.07, 6.45) is 9.59. The molecule has 2 aromatic rings. The lowest BCUT2D eigenvalue weighted by Crippen LogP contribution is -1.88. The molecule has 0 radical (unpaired) electrons. The molecular weight excluding hydrogens is 324 g/mol. The highest BCUT2D eigenvalue weighted by Gasteiger charge is 1.97. The number of benzene rings is 2. The number of azide groups is 2. The molecule has 0 saturated heterocycles. The number of nitrogens with zero attached hydrogens (tertiary/aromatic N) is 6. The van der Waals surface area contributed by atoms with E-state index in [1.165, 1.54) is 49.7 Å². The summed E-state index contributed by atoms with van der Waals surface area (Å²) in [7, 11) is 0. The van der Waals surface area contributed by atoms with Crippen molar-refractivity contribution < 1.29 is 0 Å². The van der Waals surface area contributed by atoms with E-state index < -0.39 is 0 Å². The van der Waals surface area contributed by atoms with Gasteiger partial charge in [0.15, 0.2) is 0 Å². The van der Waals surface area contributed by atoms with E-state index in [0.717, 1.165) is 12.8 Å². The molecule has 26 heavy (non-hydrogen) atoms. The van der Waals surface area contributed by atoms with Crippen molar-refractivity contribution in [1.82, 2.24) is 0 Å². The molecule has 0 bridgehead atoms. The smallest absolute Gasteiger partial charge is 0.0375 e. The molecule has 0 saturated carbocycles. The number of aryl methyl sites for hydroxylation is 2. The molecule has 0 aliphatic carbocycles. The van der Waals surface area contributed by atoms with Gasteiger partial charge in [-0.15, -0.1) is 0 Å². The van der Waals surface area contributed by atoms with E-state index in [2.05, 4.69) is 20.1 Å². The van der Waals surface area contributed by atoms with Crippen molar-refractivity contribution in [3.05, 3.63) is 80.5 Å². The monoisotopic (exact) mass is 348 g/mol. The van der Waals surface area contributed by atoms with Gasteiger partial charge in [0.2, 0.25) is 0 Å². The number of unbranched alkanes of at least 4 members (excludes halogenated alkanes) is 5. The summed E-state index contributed by atoms with van der Waals surface area (Å²) in [6, 6.07) is 15.6. The van der Waals surface area contributed by atoms with Crippen LogP contribution in [-0.4, -0.2) is 0 Å². The van der Waals surface area contributed by atoms with Crippen molar-refractivity contribution in [2.75, 3.05) is 0 Å². The molecule has 0 N–H and O–H groups in total. The van der Waals surface area contributed by atoms with Crippen LogP contribution in [0.15, 0.2) is 58.8 Å². The van der Waals surface area contributed by atoms with Crippen LogP contribution >= 0.6 is 0 Å². The lowest BCUT2D eigenvalue weighted by atomic mass is 10.0. The number of hydrogen-bond donors (Lipinski definition) is 0. The topological polar surface area (TPSA) is 97.5 Å². The summed E-state index contributed by atoms with van der Waals surface area (Å²) in [5, 5.41) is 7.16. The zero-order valence-electron chi connectivity index (χ0n) is 15.0. The molecule has 0 fully saturated rings. The highest BCUT2D eigenvalue weighted by atomic mass is 15.1. The van der Waals surface area contributed by atoms with Crippen LogP contribution in [0.4, 0.5) is 11.4 Å². The Morgan fingerprint density at radius 3 is 1.23 bits per heavy atom. The van der Waals surface area contributed by atoms with Crippen LogP contribution in [0, 0.1) is 0 Å². The minimum absolute atomic E-state index is 0.670. The average Bonchev–Trinajstić information content (AvgIpc) is 2.67. The van der Waals surface area contributed by atoms with Crippen LogP contribution in [0.5, 0.6) is 0 Å². The minimum Gasteiger partial charge on any atom is -0.0608 e. The second kappa shape index (κ2) is 11.6.